The van der Waals surface area contributed by atoms with Gasteiger partial charge in [-0.05, 0) is 53.2 Å². The van der Waals surface area contributed by atoms with Crippen molar-refractivity contribution < 1.29 is 14.3 Å². The fourth-order valence-corrected chi connectivity index (χ4v) is 3.59. The molecule has 1 aliphatic heterocycles. The molecule has 0 spiro atoms. The third-order valence-corrected chi connectivity index (χ3v) is 4.92. The highest BCUT2D eigenvalue weighted by atomic mass is 79.9. The first kappa shape index (κ1) is 16.8. The fraction of sp³-hybridized carbons (Fsp3) is 0.111. The molecular formula is C18H14BrNO3S. The van der Waals surface area contributed by atoms with Crippen molar-refractivity contribution in [2.45, 2.75) is 6.54 Å². The lowest BCUT2D eigenvalue weighted by Crippen LogP contribution is -2.27. The topological polar surface area (TPSA) is 46.6 Å². The molecule has 0 atom stereocenters. The lowest BCUT2D eigenvalue weighted by molar-refractivity contribution is -0.123. The molecule has 2 aromatic rings. The van der Waals surface area contributed by atoms with Crippen molar-refractivity contribution in [3.8, 4) is 5.75 Å². The van der Waals surface area contributed by atoms with Gasteiger partial charge in [0.1, 0.15) is 5.75 Å². The van der Waals surface area contributed by atoms with Crippen LogP contribution in [0.25, 0.3) is 6.08 Å². The standard InChI is InChI=1S/C18H14BrNO3S/c1-23-15-7-5-12(6-8-15)10-16-17(21)20(18(22)24-16)11-13-3-2-4-14(19)9-13/h2-10H,11H2,1H3/b16-10+. The van der Waals surface area contributed by atoms with Crippen LogP contribution in [0.4, 0.5) is 4.79 Å². The second kappa shape index (κ2) is 7.23. The van der Waals surface area contributed by atoms with Gasteiger partial charge in [0, 0.05) is 4.47 Å². The van der Waals surface area contributed by atoms with Crippen LogP contribution in [0.15, 0.2) is 57.9 Å². The second-order valence-electron chi connectivity index (χ2n) is 5.17. The first-order valence-electron chi connectivity index (χ1n) is 7.20. The van der Waals surface area contributed by atoms with E-state index < -0.39 is 0 Å². The summed E-state index contributed by atoms with van der Waals surface area (Å²) in [6, 6.07) is 14.9. The maximum absolute atomic E-state index is 12.5. The van der Waals surface area contributed by atoms with Crippen molar-refractivity contribution >= 4 is 44.9 Å². The van der Waals surface area contributed by atoms with E-state index in [2.05, 4.69) is 15.9 Å². The Morgan fingerprint density at radius 1 is 1.17 bits per heavy atom. The number of halogens is 1. The highest BCUT2D eigenvalue weighted by molar-refractivity contribution is 9.10. The number of ether oxygens (including phenoxy) is 1. The summed E-state index contributed by atoms with van der Waals surface area (Å²) in [5.41, 5.74) is 1.75. The highest BCUT2D eigenvalue weighted by Crippen LogP contribution is 2.33. The van der Waals surface area contributed by atoms with Gasteiger partial charge in [-0.1, -0.05) is 40.2 Å². The van der Waals surface area contributed by atoms with E-state index in [1.165, 1.54) is 4.90 Å². The molecule has 0 aliphatic carbocycles. The number of carbonyl (C=O) groups is 2. The van der Waals surface area contributed by atoms with Crippen LogP contribution in [0.3, 0.4) is 0 Å². The number of benzene rings is 2. The number of rotatable bonds is 4. The number of hydrogen-bond donors (Lipinski definition) is 0. The molecule has 6 heteroatoms. The summed E-state index contributed by atoms with van der Waals surface area (Å²) in [6.45, 7) is 0.268. The Morgan fingerprint density at radius 2 is 1.92 bits per heavy atom. The van der Waals surface area contributed by atoms with Gasteiger partial charge in [0.15, 0.2) is 0 Å². The third-order valence-electron chi connectivity index (χ3n) is 3.52. The van der Waals surface area contributed by atoms with E-state index >= 15 is 0 Å². The number of thioether (sulfide) groups is 1. The maximum Gasteiger partial charge on any atom is 0.293 e. The zero-order chi connectivity index (χ0) is 17.1. The Balaban J connectivity index is 1.79. The molecule has 0 N–H and O–H groups in total. The van der Waals surface area contributed by atoms with Crippen LogP contribution in [0.2, 0.25) is 0 Å². The summed E-state index contributed by atoms with van der Waals surface area (Å²) in [5, 5.41) is -0.250. The van der Waals surface area contributed by atoms with Crippen LogP contribution in [0.1, 0.15) is 11.1 Å². The van der Waals surface area contributed by atoms with Crippen molar-refractivity contribution in [1.82, 2.24) is 4.90 Å². The van der Waals surface area contributed by atoms with Crippen LogP contribution in [0, 0.1) is 0 Å². The minimum Gasteiger partial charge on any atom is -0.497 e. The minimum absolute atomic E-state index is 0.250. The van der Waals surface area contributed by atoms with Crippen LogP contribution in [-0.2, 0) is 11.3 Å². The van der Waals surface area contributed by atoms with E-state index in [0.29, 0.717) is 4.91 Å². The van der Waals surface area contributed by atoms with Gasteiger partial charge in [-0.3, -0.25) is 14.5 Å². The molecule has 2 amide bonds. The zero-order valence-corrected chi connectivity index (χ0v) is 15.3. The first-order chi connectivity index (χ1) is 11.6. The van der Waals surface area contributed by atoms with Crippen LogP contribution in [0.5, 0.6) is 5.75 Å². The summed E-state index contributed by atoms with van der Waals surface area (Å²) in [4.78, 5) is 26.4. The maximum atomic E-state index is 12.5. The van der Waals surface area contributed by atoms with E-state index in [0.717, 1.165) is 33.1 Å². The third kappa shape index (κ3) is 3.71. The number of carbonyl (C=O) groups excluding carboxylic acids is 2. The minimum atomic E-state index is -0.263. The van der Waals surface area contributed by atoms with Gasteiger partial charge in [-0.2, -0.15) is 0 Å². The van der Waals surface area contributed by atoms with Crippen LogP contribution < -0.4 is 4.74 Å². The lowest BCUT2D eigenvalue weighted by atomic mass is 10.2. The van der Waals surface area contributed by atoms with E-state index in [1.54, 1.807) is 13.2 Å². The molecule has 0 bridgehead atoms. The quantitative estimate of drug-likeness (QED) is 0.694. The predicted octanol–water partition coefficient (Wildman–Crippen LogP) is 4.69. The molecule has 122 valence electrons. The second-order valence-corrected chi connectivity index (χ2v) is 7.08. The number of imide groups is 1. The summed E-state index contributed by atoms with van der Waals surface area (Å²) in [7, 11) is 1.60. The Kier molecular flexibility index (Phi) is 5.06. The van der Waals surface area contributed by atoms with Gasteiger partial charge >= 0.3 is 0 Å². The number of hydrogen-bond acceptors (Lipinski definition) is 4. The van der Waals surface area contributed by atoms with E-state index in [4.69, 9.17) is 4.74 Å². The molecule has 24 heavy (non-hydrogen) atoms. The summed E-state index contributed by atoms with van der Waals surface area (Å²) < 4.78 is 6.03. The first-order valence-corrected chi connectivity index (χ1v) is 8.81. The molecule has 1 aliphatic rings. The van der Waals surface area contributed by atoms with Crippen molar-refractivity contribution in [2.24, 2.45) is 0 Å². The van der Waals surface area contributed by atoms with Crippen molar-refractivity contribution in [3.05, 3.63) is 69.0 Å². The van der Waals surface area contributed by atoms with Gasteiger partial charge < -0.3 is 4.74 Å². The normalized spacial score (nSPS) is 16.1. The average molecular weight is 404 g/mol. The van der Waals surface area contributed by atoms with Crippen molar-refractivity contribution in [2.75, 3.05) is 7.11 Å². The SMILES string of the molecule is COc1ccc(/C=C2/SC(=O)N(Cc3cccc(Br)c3)C2=O)cc1. The molecule has 0 aromatic heterocycles. The smallest absolute Gasteiger partial charge is 0.293 e. The van der Waals surface area contributed by atoms with E-state index in [-0.39, 0.29) is 17.7 Å². The Hall–Kier alpha value is -2.05. The molecule has 0 saturated carbocycles. The van der Waals surface area contributed by atoms with Crippen LogP contribution >= 0.6 is 27.7 Å². The van der Waals surface area contributed by atoms with Gasteiger partial charge in [0.25, 0.3) is 11.1 Å². The molecule has 1 saturated heterocycles. The van der Waals surface area contributed by atoms with Gasteiger partial charge in [-0.25, -0.2) is 0 Å². The lowest BCUT2D eigenvalue weighted by Gasteiger charge is -2.12. The zero-order valence-electron chi connectivity index (χ0n) is 12.9. The fourth-order valence-electron chi connectivity index (χ4n) is 2.31. The summed E-state index contributed by atoms with van der Waals surface area (Å²) in [6.07, 6.45) is 1.73. The Morgan fingerprint density at radius 3 is 2.58 bits per heavy atom. The Bertz CT molecular complexity index is 817. The van der Waals surface area contributed by atoms with Gasteiger partial charge in [-0.15, -0.1) is 0 Å². The molecule has 2 aromatic carbocycles. The van der Waals surface area contributed by atoms with Gasteiger partial charge in [0.05, 0.1) is 18.6 Å². The van der Waals surface area contributed by atoms with Gasteiger partial charge in [0.2, 0.25) is 0 Å². The van der Waals surface area contributed by atoms with Crippen LogP contribution in [-0.4, -0.2) is 23.2 Å². The largest absolute Gasteiger partial charge is 0.497 e. The molecule has 1 fully saturated rings. The summed E-state index contributed by atoms with van der Waals surface area (Å²) >= 11 is 4.36. The number of amides is 2. The Labute approximate surface area is 152 Å². The van der Waals surface area contributed by atoms with E-state index in [1.807, 2.05) is 48.5 Å². The highest BCUT2D eigenvalue weighted by Gasteiger charge is 2.34. The molecular weight excluding hydrogens is 390 g/mol. The molecule has 4 nitrogen and oxygen atoms in total. The van der Waals surface area contributed by atoms with Crippen molar-refractivity contribution in [1.29, 1.82) is 0 Å². The van der Waals surface area contributed by atoms with Crippen molar-refractivity contribution in [3.63, 3.8) is 0 Å². The van der Waals surface area contributed by atoms with E-state index in [9.17, 15) is 9.59 Å². The number of methoxy groups -OCH3 is 1. The summed E-state index contributed by atoms with van der Waals surface area (Å²) in [5.74, 6) is 0.482. The number of nitrogens with zero attached hydrogens (tertiary/aromatic N) is 1. The average Bonchev–Trinajstić information content (AvgIpc) is 2.83. The molecule has 0 radical (unpaired) electrons. The monoisotopic (exact) mass is 403 g/mol. The predicted molar refractivity (Wildman–Crippen MR) is 98.7 cm³/mol. The molecule has 1 heterocycles. The molecule has 3 rings (SSSR count). The molecule has 0 unspecified atom stereocenters.